The normalized spacial score (nSPS) is 10.7. The van der Waals surface area contributed by atoms with E-state index in [4.69, 9.17) is 9.47 Å². The van der Waals surface area contributed by atoms with Gasteiger partial charge in [-0.05, 0) is 42.8 Å². The molecule has 114 valence electrons. The van der Waals surface area contributed by atoms with Crippen molar-refractivity contribution in [2.75, 3.05) is 14.2 Å². The number of hydrogen-bond donors (Lipinski definition) is 1. The number of hydrogen-bond acceptors (Lipinski definition) is 4. The van der Waals surface area contributed by atoms with Gasteiger partial charge in [-0.3, -0.25) is 4.79 Å². The topological polar surface area (TPSA) is 55.8 Å². The molecular formula is C18H18O4. The Morgan fingerprint density at radius 1 is 1.05 bits per heavy atom. The number of allylic oxidation sites excluding steroid dienone is 1. The lowest BCUT2D eigenvalue weighted by atomic mass is 10.1. The minimum atomic E-state index is -0.254. The quantitative estimate of drug-likeness (QED) is 0.676. The van der Waals surface area contributed by atoms with Gasteiger partial charge in [-0.2, -0.15) is 0 Å². The van der Waals surface area contributed by atoms with Crippen LogP contribution in [0.5, 0.6) is 17.2 Å². The van der Waals surface area contributed by atoms with E-state index in [2.05, 4.69) is 0 Å². The lowest BCUT2D eigenvalue weighted by Gasteiger charge is -2.07. The number of aromatic hydroxyl groups is 1. The molecule has 2 rings (SSSR count). The van der Waals surface area contributed by atoms with Crippen molar-refractivity contribution in [3.05, 3.63) is 59.2 Å². The fraction of sp³-hybridized carbons (Fsp3) is 0.167. The van der Waals surface area contributed by atoms with Gasteiger partial charge in [0, 0.05) is 0 Å². The molecule has 0 saturated heterocycles. The van der Waals surface area contributed by atoms with E-state index in [1.165, 1.54) is 12.1 Å². The number of carbonyl (C=O) groups excluding carboxylic acids is 1. The molecule has 0 aliphatic rings. The molecule has 0 atom stereocenters. The van der Waals surface area contributed by atoms with Gasteiger partial charge in [0.15, 0.2) is 17.3 Å². The van der Waals surface area contributed by atoms with Crippen LogP contribution in [0.2, 0.25) is 0 Å². The molecule has 0 saturated carbocycles. The van der Waals surface area contributed by atoms with Gasteiger partial charge in [0.05, 0.1) is 19.8 Å². The van der Waals surface area contributed by atoms with E-state index in [0.717, 1.165) is 11.1 Å². The van der Waals surface area contributed by atoms with Gasteiger partial charge < -0.3 is 14.6 Å². The molecule has 0 aromatic heterocycles. The van der Waals surface area contributed by atoms with Crippen LogP contribution in [0.4, 0.5) is 0 Å². The second kappa shape index (κ2) is 6.80. The van der Waals surface area contributed by atoms with Crippen molar-refractivity contribution in [2.45, 2.75) is 6.92 Å². The molecule has 0 fully saturated rings. The maximum atomic E-state index is 12.2. The first kappa shape index (κ1) is 15.6. The Hall–Kier alpha value is -2.75. The molecule has 0 bridgehead atoms. The summed E-state index contributed by atoms with van der Waals surface area (Å²) in [5, 5.41) is 9.76. The summed E-state index contributed by atoms with van der Waals surface area (Å²) in [7, 11) is 3.12. The van der Waals surface area contributed by atoms with Crippen molar-refractivity contribution < 1.29 is 19.4 Å². The van der Waals surface area contributed by atoms with Crippen LogP contribution in [0, 0.1) is 6.92 Å². The predicted molar refractivity (Wildman–Crippen MR) is 85.8 cm³/mol. The zero-order chi connectivity index (χ0) is 16.1. The Bertz CT molecular complexity index is 717. The molecule has 2 aromatic rings. The van der Waals surface area contributed by atoms with Crippen molar-refractivity contribution in [3.8, 4) is 17.2 Å². The molecule has 0 amide bonds. The van der Waals surface area contributed by atoms with Crippen LogP contribution in [-0.4, -0.2) is 25.1 Å². The van der Waals surface area contributed by atoms with Crippen LogP contribution in [-0.2, 0) is 0 Å². The third kappa shape index (κ3) is 3.47. The molecule has 0 heterocycles. The first-order valence-electron chi connectivity index (χ1n) is 6.79. The largest absolute Gasteiger partial charge is 0.507 e. The standard InChI is InChI=1S/C18H18O4/c1-12-4-7-15(19)14(10-12)16(20)8-5-13-6-9-17(21-2)18(11-13)22-3/h4-11,19H,1-3H3/b8-5+. The summed E-state index contributed by atoms with van der Waals surface area (Å²) in [6.07, 6.45) is 3.10. The summed E-state index contributed by atoms with van der Waals surface area (Å²) < 4.78 is 10.4. The van der Waals surface area contributed by atoms with Gasteiger partial charge >= 0.3 is 0 Å². The number of phenolic OH excluding ortho intramolecular Hbond substituents is 1. The van der Waals surface area contributed by atoms with Crippen LogP contribution in [0.1, 0.15) is 21.5 Å². The van der Waals surface area contributed by atoms with Crippen molar-refractivity contribution in [1.82, 2.24) is 0 Å². The van der Waals surface area contributed by atoms with Gasteiger partial charge in [-0.15, -0.1) is 0 Å². The predicted octanol–water partition coefficient (Wildman–Crippen LogP) is 3.61. The number of carbonyl (C=O) groups is 1. The lowest BCUT2D eigenvalue weighted by Crippen LogP contribution is -1.95. The third-order valence-electron chi connectivity index (χ3n) is 3.25. The summed E-state index contributed by atoms with van der Waals surface area (Å²) in [5.41, 5.74) is 2.01. The summed E-state index contributed by atoms with van der Waals surface area (Å²) in [6.45, 7) is 1.87. The minimum Gasteiger partial charge on any atom is -0.507 e. The Morgan fingerprint density at radius 2 is 1.77 bits per heavy atom. The first-order chi connectivity index (χ1) is 10.5. The molecule has 0 aliphatic heterocycles. The highest BCUT2D eigenvalue weighted by Gasteiger charge is 2.08. The fourth-order valence-electron chi connectivity index (χ4n) is 2.07. The van der Waals surface area contributed by atoms with Crippen LogP contribution in [0.25, 0.3) is 6.08 Å². The Balaban J connectivity index is 2.24. The average Bonchev–Trinajstić information content (AvgIpc) is 2.54. The molecular weight excluding hydrogens is 280 g/mol. The van der Waals surface area contributed by atoms with E-state index in [1.54, 1.807) is 44.6 Å². The second-order valence-corrected chi connectivity index (χ2v) is 4.83. The number of rotatable bonds is 5. The molecule has 2 aromatic carbocycles. The van der Waals surface area contributed by atoms with Crippen molar-refractivity contribution in [3.63, 3.8) is 0 Å². The second-order valence-electron chi connectivity index (χ2n) is 4.83. The number of ketones is 1. The monoisotopic (exact) mass is 298 g/mol. The van der Waals surface area contributed by atoms with Gasteiger partial charge in [0.2, 0.25) is 0 Å². The molecule has 4 nitrogen and oxygen atoms in total. The van der Waals surface area contributed by atoms with Crippen molar-refractivity contribution in [2.24, 2.45) is 0 Å². The Labute approximate surface area is 129 Å². The molecule has 0 unspecified atom stereocenters. The van der Waals surface area contributed by atoms with E-state index >= 15 is 0 Å². The number of aryl methyl sites for hydroxylation is 1. The van der Waals surface area contributed by atoms with Crippen LogP contribution in [0.3, 0.4) is 0 Å². The molecule has 0 aliphatic carbocycles. The Kier molecular flexibility index (Phi) is 4.84. The zero-order valence-corrected chi connectivity index (χ0v) is 12.8. The molecule has 1 N–H and O–H groups in total. The molecule has 0 spiro atoms. The van der Waals surface area contributed by atoms with E-state index < -0.39 is 0 Å². The summed E-state index contributed by atoms with van der Waals surface area (Å²) in [5.74, 6) is 0.946. The average molecular weight is 298 g/mol. The number of phenols is 1. The maximum Gasteiger partial charge on any atom is 0.189 e. The molecule has 22 heavy (non-hydrogen) atoms. The maximum absolute atomic E-state index is 12.2. The highest BCUT2D eigenvalue weighted by Crippen LogP contribution is 2.28. The SMILES string of the molecule is COc1ccc(/C=C/C(=O)c2cc(C)ccc2O)cc1OC. The smallest absolute Gasteiger partial charge is 0.189 e. The summed E-state index contributed by atoms with van der Waals surface area (Å²) in [6, 6.07) is 10.3. The number of ether oxygens (including phenoxy) is 2. The molecule has 0 radical (unpaired) electrons. The van der Waals surface area contributed by atoms with Gasteiger partial charge in [0.25, 0.3) is 0 Å². The highest BCUT2D eigenvalue weighted by molar-refractivity contribution is 6.08. The van der Waals surface area contributed by atoms with E-state index in [0.29, 0.717) is 11.5 Å². The van der Waals surface area contributed by atoms with Gasteiger partial charge in [0.1, 0.15) is 5.75 Å². The number of methoxy groups -OCH3 is 2. The highest BCUT2D eigenvalue weighted by atomic mass is 16.5. The van der Waals surface area contributed by atoms with Gasteiger partial charge in [-0.1, -0.05) is 23.8 Å². The van der Waals surface area contributed by atoms with Gasteiger partial charge in [-0.25, -0.2) is 0 Å². The minimum absolute atomic E-state index is 0.0208. The van der Waals surface area contributed by atoms with Crippen LogP contribution >= 0.6 is 0 Å². The molecule has 4 heteroatoms. The van der Waals surface area contributed by atoms with Crippen molar-refractivity contribution in [1.29, 1.82) is 0 Å². The van der Waals surface area contributed by atoms with E-state index in [-0.39, 0.29) is 17.1 Å². The lowest BCUT2D eigenvalue weighted by molar-refractivity contribution is 0.104. The number of benzene rings is 2. The zero-order valence-electron chi connectivity index (χ0n) is 12.8. The van der Waals surface area contributed by atoms with Crippen molar-refractivity contribution >= 4 is 11.9 Å². The van der Waals surface area contributed by atoms with E-state index in [1.807, 2.05) is 13.0 Å². The fourth-order valence-corrected chi connectivity index (χ4v) is 2.07. The third-order valence-corrected chi connectivity index (χ3v) is 3.25. The van der Waals surface area contributed by atoms with E-state index in [9.17, 15) is 9.90 Å². The summed E-state index contributed by atoms with van der Waals surface area (Å²) in [4.78, 5) is 12.2. The first-order valence-corrected chi connectivity index (χ1v) is 6.79. The Morgan fingerprint density at radius 3 is 2.45 bits per heavy atom. The van der Waals surface area contributed by atoms with Crippen LogP contribution < -0.4 is 9.47 Å². The summed E-state index contributed by atoms with van der Waals surface area (Å²) >= 11 is 0. The van der Waals surface area contributed by atoms with Crippen LogP contribution in [0.15, 0.2) is 42.5 Å².